The molecule has 0 bridgehead atoms. The summed E-state index contributed by atoms with van der Waals surface area (Å²) < 4.78 is 0. The van der Waals surface area contributed by atoms with Crippen LogP contribution in [0.5, 0.6) is 0 Å². The van der Waals surface area contributed by atoms with Gasteiger partial charge >= 0.3 is 0 Å². The highest BCUT2D eigenvalue weighted by Crippen LogP contribution is 2.31. The van der Waals surface area contributed by atoms with Gasteiger partial charge in [-0.05, 0) is 48.1 Å². The molecule has 0 aromatic heterocycles. The Morgan fingerprint density at radius 2 is 1.95 bits per heavy atom. The normalized spacial score (nSPS) is 16.5. The molecule has 0 radical (unpaired) electrons. The largest absolute Gasteiger partial charge is 0.385 e. The quantitative estimate of drug-likeness (QED) is 0.891. The molecule has 2 heterocycles. The Hall–Kier alpha value is -1.96. The van der Waals surface area contributed by atoms with Gasteiger partial charge in [0.25, 0.3) is 0 Å². The third kappa shape index (κ3) is 1.96. The van der Waals surface area contributed by atoms with Gasteiger partial charge in [-0.3, -0.25) is 0 Å². The van der Waals surface area contributed by atoms with E-state index in [-0.39, 0.29) is 0 Å². The van der Waals surface area contributed by atoms with Crippen LogP contribution in [0.4, 0.5) is 11.4 Å². The molecule has 2 aliphatic heterocycles. The van der Waals surface area contributed by atoms with Crippen molar-refractivity contribution in [1.29, 1.82) is 0 Å². The van der Waals surface area contributed by atoms with Crippen molar-refractivity contribution in [1.82, 2.24) is 0 Å². The van der Waals surface area contributed by atoms with E-state index in [1.165, 1.54) is 47.3 Å². The average Bonchev–Trinajstić information content (AvgIpc) is 2.91. The monoisotopic (exact) mass is 264 g/mol. The van der Waals surface area contributed by atoms with Crippen LogP contribution in [0, 0.1) is 0 Å². The highest BCUT2D eigenvalue weighted by Gasteiger charge is 2.20. The molecule has 0 amide bonds. The van der Waals surface area contributed by atoms with Crippen LogP contribution in [0.1, 0.15) is 23.1 Å². The molecule has 4 rings (SSSR count). The zero-order chi connectivity index (χ0) is 13.4. The molecule has 2 nitrogen and oxygen atoms in total. The SMILES string of the molecule is c1ccc2c(c1)CCN2Cc1cccc2c1CCCN2. The standard InChI is InChI=1S/C18H20N2/c1-2-9-18-14(5-1)10-12-20(18)13-15-6-3-8-17-16(15)7-4-11-19-17/h1-3,5-6,8-9,19H,4,7,10-13H2. The van der Waals surface area contributed by atoms with Gasteiger partial charge in [-0.25, -0.2) is 0 Å². The van der Waals surface area contributed by atoms with Gasteiger partial charge in [0.2, 0.25) is 0 Å². The summed E-state index contributed by atoms with van der Waals surface area (Å²) in [6.45, 7) is 3.31. The van der Waals surface area contributed by atoms with E-state index >= 15 is 0 Å². The van der Waals surface area contributed by atoms with Crippen molar-refractivity contribution in [3.63, 3.8) is 0 Å². The van der Waals surface area contributed by atoms with Crippen molar-refractivity contribution >= 4 is 11.4 Å². The molecule has 0 unspecified atom stereocenters. The molecule has 0 fully saturated rings. The third-order valence-electron chi connectivity index (χ3n) is 4.54. The van der Waals surface area contributed by atoms with E-state index in [9.17, 15) is 0 Å². The maximum Gasteiger partial charge on any atom is 0.0433 e. The van der Waals surface area contributed by atoms with Gasteiger partial charge in [-0.15, -0.1) is 0 Å². The maximum atomic E-state index is 3.53. The highest BCUT2D eigenvalue weighted by atomic mass is 15.1. The maximum absolute atomic E-state index is 3.53. The fraction of sp³-hybridized carbons (Fsp3) is 0.333. The number of anilines is 2. The predicted octanol–water partition coefficient (Wildman–Crippen LogP) is 3.61. The lowest BCUT2D eigenvalue weighted by Crippen LogP contribution is -2.22. The van der Waals surface area contributed by atoms with Crippen molar-refractivity contribution in [2.75, 3.05) is 23.3 Å². The molecule has 2 aliphatic rings. The Labute approximate surface area is 120 Å². The first-order chi connectivity index (χ1) is 9.92. The smallest absolute Gasteiger partial charge is 0.0433 e. The molecule has 0 spiro atoms. The van der Waals surface area contributed by atoms with Crippen LogP contribution in [0.15, 0.2) is 42.5 Å². The molecule has 0 aliphatic carbocycles. The second-order valence-corrected chi connectivity index (χ2v) is 5.77. The lowest BCUT2D eigenvalue weighted by molar-refractivity contribution is 0.787. The van der Waals surface area contributed by atoms with Crippen LogP contribution in [-0.4, -0.2) is 13.1 Å². The van der Waals surface area contributed by atoms with Crippen molar-refractivity contribution in [2.45, 2.75) is 25.8 Å². The number of nitrogens with one attached hydrogen (secondary N) is 1. The van der Waals surface area contributed by atoms with Gasteiger partial charge in [0.15, 0.2) is 0 Å². The molecule has 0 saturated heterocycles. The number of nitrogens with zero attached hydrogens (tertiary/aromatic N) is 1. The summed E-state index contributed by atoms with van der Waals surface area (Å²) in [6.07, 6.45) is 3.65. The van der Waals surface area contributed by atoms with Gasteiger partial charge in [-0.2, -0.15) is 0 Å². The zero-order valence-electron chi connectivity index (χ0n) is 11.7. The first-order valence-electron chi connectivity index (χ1n) is 7.59. The molecular formula is C18H20N2. The molecule has 0 saturated carbocycles. The molecule has 20 heavy (non-hydrogen) atoms. The Bertz CT molecular complexity index is 633. The molecule has 2 aromatic rings. The summed E-state index contributed by atoms with van der Waals surface area (Å²) >= 11 is 0. The van der Waals surface area contributed by atoms with Crippen LogP contribution in [0.25, 0.3) is 0 Å². The van der Waals surface area contributed by atoms with Crippen LogP contribution in [-0.2, 0) is 19.4 Å². The predicted molar refractivity (Wildman–Crippen MR) is 84.4 cm³/mol. The third-order valence-corrected chi connectivity index (χ3v) is 4.54. The van der Waals surface area contributed by atoms with Gasteiger partial charge in [0, 0.05) is 31.0 Å². The minimum Gasteiger partial charge on any atom is -0.385 e. The van der Waals surface area contributed by atoms with E-state index in [1.54, 1.807) is 0 Å². The molecule has 1 N–H and O–H groups in total. The van der Waals surface area contributed by atoms with Gasteiger partial charge in [0.05, 0.1) is 0 Å². The number of benzene rings is 2. The van der Waals surface area contributed by atoms with E-state index in [4.69, 9.17) is 0 Å². The Kier molecular flexibility index (Phi) is 2.87. The molecular weight excluding hydrogens is 244 g/mol. The lowest BCUT2D eigenvalue weighted by atomic mass is 9.97. The first-order valence-corrected chi connectivity index (χ1v) is 7.59. The van der Waals surface area contributed by atoms with Crippen LogP contribution in [0.2, 0.25) is 0 Å². The summed E-state index contributed by atoms with van der Waals surface area (Å²) in [4.78, 5) is 2.53. The second kappa shape index (κ2) is 4.86. The van der Waals surface area contributed by atoms with Crippen molar-refractivity contribution < 1.29 is 0 Å². The summed E-state index contributed by atoms with van der Waals surface area (Å²) in [7, 11) is 0. The number of fused-ring (bicyclic) bond motifs is 2. The van der Waals surface area contributed by atoms with Crippen LogP contribution < -0.4 is 10.2 Å². The molecule has 2 aromatic carbocycles. The summed E-state index contributed by atoms with van der Waals surface area (Å²) in [5.74, 6) is 0. The van der Waals surface area contributed by atoms with Gasteiger partial charge < -0.3 is 10.2 Å². The van der Waals surface area contributed by atoms with E-state index in [0.717, 1.165) is 19.6 Å². The summed E-state index contributed by atoms with van der Waals surface area (Å²) in [5.41, 5.74) is 7.29. The minimum atomic E-state index is 1.04. The van der Waals surface area contributed by atoms with E-state index in [0.29, 0.717) is 0 Å². The molecule has 2 heteroatoms. The Morgan fingerprint density at radius 3 is 2.95 bits per heavy atom. The minimum absolute atomic E-state index is 1.04. The van der Waals surface area contributed by atoms with Crippen molar-refractivity contribution in [2.24, 2.45) is 0 Å². The van der Waals surface area contributed by atoms with Crippen LogP contribution in [0.3, 0.4) is 0 Å². The highest BCUT2D eigenvalue weighted by molar-refractivity contribution is 5.61. The van der Waals surface area contributed by atoms with Crippen molar-refractivity contribution in [3.8, 4) is 0 Å². The van der Waals surface area contributed by atoms with E-state index in [1.807, 2.05) is 0 Å². The summed E-state index contributed by atoms with van der Waals surface area (Å²) in [6, 6.07) is 15.5. The van der Waals surface area contributed by atoms with Crippen molar-refractivity contribution in [3.05, 3.63) is 59.2 Å². The number of para-hydroxylation sites is 1. The Morgan fingerprint density at radius 1 is 1.00 bits per heavy atom. The number of rotatable bonds is 2. The van der Waals surface area contributed by atoms with E-state index < -0.39 is 0 Å². The molecule has 102 valence electrons. The lowest BCUT2D eigenvalue weighted by Gasteiger charge is -2.25. The van der Waals surface area contributed by atoms with Gasteiger partial charge in [-0.1, -0.05) is 30.3 Å². The number of hydrogen-bond acceptors (Lipinski definition) is 2. The fourth-order valence-corrected chi connectivity index (χ4v) is 3.51. The van der Waals surface area contributed by atoms with Gasteiger partial charge in [0.1, 0.15) is 0 Å². The molecule has 0 atom stereocenters. The Balaban J connectivity index is 1.65. The fourth-order valence-electron chi connectivity index (χ4n) is 3.51. The van der Waals surface area contributed by atoms with Crippen LogP contribution >= 0.6 is 0 Å². The zero-order valence-corrected chi connectivity index (χ0v) is 11.7. The topological polar surface area (TPSA) is 15.3 Å². The second-order valence-electron chi connectivity index (χ2n) is 5.77. The average molecular weight is 264 g/mol. The first kappa shape index (κ1) is 11.8. The number of hydrogen-bond donors (Lipinski definition) is 1. The van der Waals surface area contributed by atoms with E-state index in [2.05, 4.69) is 52.7 Å². The summed E-state index contributed by atoms with van der Waals surface area (Å²) in [5, 5.41) is 3.53.